The number of hydrogen-bond acceptors (Lipinski definition) is 2. The summed E-state index contributed by atoms with van der Waals surface area (Å²) in [5.74, 6) is 0.501. The standard InChI is InChI=1S/C9H22O2Si2/c1-8-10-9(2)11-13(6,7)12(3,4)5/h2,8H2,1,3-7H3. The Morgan fingerprint density at radius 2 is 1.62 bits per heavy atom. The minimum absolute atomic E-state index is 0.501. The third-order valence-electron chi connectivity index (χ3n) is 2.48. The van der Waals surface area contributed by atoms with Crippen molar-refractivity contribution < 1.29 is 9.16 Å². The van der Waals surface area contributed by atoms with Gasteiger partial charge >= 0.3 is 0 Å². The van der Waals surface area contributed by atoms with Crippen LogP contribution >= 0.6 is 0 Å². The fourth-order valence-electron chi connectivity index (χ4n) is 0.628. The third kappa shape index (κ3) is 4.00. The van der Waals surface area contributed by atoms with Crippen molar-refractivity contribution in [3.63, 3.8) is 0 Å². The lowest BCUT2D eigenvalue weighted by Gasteiger charge is -2.35. The van der Waals surface area contributed by atoms with E-state index in [-0.39, 0.29) is 0 Å². The van der Waals surface area contributed by atoms with Crippen molar-refractivity contribution >= 4 is 15.4 Å². The van der Waals surface area contributed by atoms with Crippen molar-refractivity contribution in [2.45, 2.75) is 39.7 Å². The smallest absolute Gasteiger partial charge is 0.257 e. The maximum atomic E-state index is 5.83. The molecule has 0 rings (SSSR count). The lowest BCUT2D eigenvalue weighted by atomic mass is 10.8. The van der Waals surface area contributed by atoms with Gasteiger partial charge in [0.1, 0.15) is 0 Å². The molecular weight excluding hydrogens is 196 g/mol. The summed E-state index contributed by atoms with van der Waals surface area (Å²) in [5, 5.41) is 0. The Hall–Kier alpha value is -0.226. The molecule has 78 valence electrons. The summed E-state index contributed by atoms with van der Waals surface area (Å²) in [5.41, 5.74) is 0. The zero-order valence-electron chi connectivity index (χ0n) is 9.73. The fourth-order valence-corrected chi connectivity index (χ4v) is 2.82. The monoisotopic (exact) mass is 218 g/mol. The lowest BCUT2D eigenvalue weighted by molar-refractivity contribution is 0.116. The van der Waals surface area contributed by atoms with Crippen LogP contribution in [0, 0.1) is 0 Å². The highest BCUT2D eigenvalue weighted by molar-refractivity contribution is 7.37. The first-order chi connectivity index (χ1) is 5.70. The Balaban J connectivity index is 4.26. The average Bonchev–Trinajstić information content (AvgIpc) is 1.83. The van der Waals surface area contributed by atoms with Gasteiger partial charge in [0.25, 0.3) is 5.95 Å². The van der Waals surface area contributed by atoms with Gasteiger partial charge in [-0.25, -0.2) is 0 Å². The van der Waals surface area contributed by atoms with E-state index in [9.17, 15) is 0 Å². The molecule has 0 saturated heterocycles. The van der Waals surface area contributed by atoms with Gasteiger partial charge in [-0.3, -0.25) is 0 Å². The molecule has 0 saturated carbocycles. The van der Waals surface area contributed by atoms with E-state index in [1.807, 2.05) is 6.92 Å². The highest BCUT2D eigenvalue weighted by Crippen LogP contribution is 2.22. The first-order valence-electron chi connectivity index (χ1n) is 4.71. The minimum Gasteiger partial charge on any atom is -0.523 e. The van der Waals surface area contributed by atoms with Gasteiger partial charge in [-0.15, -0.1) is 0 Å². The van der Waals surface area contributed by atoms with Gasteiger partial charge in [0.2, 0.25) is 7.83 Å². The number of rotatable bonds is 5. The van der Waals surface area contributed by atoms with E-state index in [4.69, 9.17) is 9.16 Å². The van der Waals surface area contributed by atoms with Gasteiger partial charge in [-0.1, -0.05) is 19.6 Å². The summed E-state index contributed by atoms with van der Waals surface area (Å²) in [6.07, 6.45) is 0. The van der Waals surface area contributed by atoms with Crippen LogP contribution in [0.5, 0.6) is 0 Å². The van der Waals surface area contributed by atoms with Gasteiger partial charge in [0.15, 0.2) is 0 Å². The second-order valence-corrected chi connectivity index (χ2v) is 20.5. The Morgan fingerprint density at radius 3 is 1.92 bits per heavy atom. The largest absolute Gasteiger partial charge is 0.523 e. The van der Waals surface area contributed by atoms with E-state index >= 15 is 0 Å². The van der Waals surface area contributed by atoms with Crippen molar-refractivity contribution in [3.8, 4) is 0 Å². The molecule has 0 radical (unpaired) electrons. The van der Waals surface area contributed by atoms with Crippen molar-refractivity contribution in [2.75, 3.05) is 6.61 Å². The molecule has 0 atom stereocenters. The fraction of sp³-hybridized carbons (Fsp3) is 0.778. The summed E-state index contributed by atoms with van der Waals surface area (Å²) in [4.78, 5) is 0. The molecule has 0 amide bonds. The van der Waals surface area contributed by atoms with Crippen LogP contribution in [0.4, 0.5) is 0 Å². The molecule has 0 spiro atoms. The van der Waals surface area contributed by atoms with Gasteiger partial charge in [-0.2, -0.15) is 0 Å². The normalized spacial score (nSPS) is 12.5. The van der Waals surface area contributed by atoms with E-state index in [0.717, 1.165) is 0 Å². The Labute approximate surface area is 83.9 Å². The summed E-state index contributed by atoms with van der Waals surface area (Å²) >= 11 is 0. The molecule has 0 bridgehead atoms. The maximum absolute atomic E-state index is 5.83. The third-order valence-corrected chi connectivity index (χ3v) is 18.0. The highest BCUT2D eigenvalue weighted by Gasteiger charge is 2.41. The van der Waals surface area contributed by atoms with Crippen molar-refractivity contribution in [3.05, 3.63) is 12.5 Å². The second-order valence-electron chi connectivity index (χ2n) is 4.67. The summed E-state index contributed by atoms with van der Waals surface area (Å²) in [6, 6.07) is 0. The molecule has 0 aliphatic carbocycles. The molecule has 0 aliphatic rings. The Bertz CT molecular complexity index is 183. The highest BCUT2D eigenvalue weighted by atomic mass is 29.3. The Kier molecular flexibility index (Phi) is 4.25. The van der Waals surface area contributed by atoms with E-state index in [1.54, 1.807) is 0 Å². The lowest BCUT2D eigenvalue weighted by Crippen LogP contribution is -2.54. The van der Waals surface area contributed by atoms with Crippen LogP contribution < -0.4 is 0 Å². The average molecular weight is 218 g/mol. The van der Waals surface area contributed by atoms with Gasteiger partial charge in [-0.05, 0) is 26.6 Å². The van der Waals surface area contributed by atoms with Crippen LogP contribution in [0.15, 0.2) is 12.5 Å². The van der Waals surface area contributed by atoms with Crippen LogP contribution in [0.2, 0.25) is 32.7 Å². The zero-order valence-corrected chi connectivity index (χ0v) is 11.7. The first-order valence-corrected chi connectivity index (χ1v) is 12.1. The van der Waals surface area contributed by atoms with E-state index in [1.165, 1.54) is 0 Å². The van der Waals surface area contributed by atoms with Crippen molar-refractivity contribution in [2.24, 2.45) is 0 Å². The molecule has 13 heavy (non-hydrogen) atoms. The number of ether oxygens (including phenoxy) is 1. The van der Waals surface area contributed by atoms with Crippen LogP contribution in [0.3, 0.4) is 0 Å². The van der Waals surface area contributed by atoms with Crippen molar-refractivity contribution in [1.82, 2.24) is 0 Å². The maximum Gasteiger partial charge on any atom is 0.257 e. The van der Waals surface area contributed by atoms with E-state index in [2.05, 4.69) is 39.3 Å². The second kappa shape index (κ2) is 4.33. The molecule has 0 unspecified atom stereocenters. The molecule has 0 aliphatic heterocycles. The predicted molar refractivity (Wildman–Crippen MR) is 62.7 cm³/mol. The molecule has 0 heterocycles. The Morgan fingerprint density at radius 1 is 1.15 bits per heavy atom. The molecule has 0 aromatic rings. The van der Waals surface area contributed by atoms with Gasteiger partial charge < -0.3 is 9.16 Å². The van der Waals surface area contributed by atoms with Crippen LogP contribution in [0.1, 0.15) is 6.92 Å². The molecule has 0 aromatic heterocycles. The first kappa shape index (κ1) is 12.8. The molecule has 4 heteroatoms. The number of hydrogen-bond donors (Lipinski definition) is 0. The SMILES string of the molecule is C=C(OCC)O[Si](C)(C)[Si](C)(C)C. The van der Waals surface area contributed by atoms with E-state index in [0.29, 0.717) is 12.6 Å². The summed E-state index contributed by atoms with van der Waals surface area (Å²) in [6.45, 7) is 17.8. The molecule has 0 fully saturated rings. The zero-order chi connectivity index (χ0) is 10.7. The van der Waals surface area contributed by atoms with Gasteiger partial charge in [0, 0.05) is 0 Å². The predicted octanol–water partition coefficient (Wildman–Crippen LogP) is 3.13. The molecule has 0 aromatic carbocycles. The van der Waals surface area contributed by atoms with Gasteiger partial charge in [0.05, 0.1) is 14.2 Å². The van der Waals surface area contributed by atoms with E-state index < -0.39 is 15.4 Å². The quantitative estimate of drug-likeness (QED) is 0.521. The molecular formula is C9H22O2Si2. The van der Waals surface area contributed by atoms with Crippen LogP contribution in [-0.2, 0) is 9.16 Å². The van der Waals surface area contributed by atoms with Crippen LogP contribution in [0.25, 0.3) is 0 Å². The molecule has 2 nitrogen and oxygen atoms in total. The van der Waals surface area contributed by atoms with Crippen LogP contribution in [-0.4, -0.2) is 22.0 Å². The summed E-state index contributed by atoms with van der Waals surface area (Å²) in [7, 11) is -2.79. The van der Waals surface area contributed by atoms with Crippen molar-refractivity contribution in [1.29, 1.82) is 0 Å². The molecule has 0 N–H and O–H groups in total. The summed E-state index contributed by atoms with van der Waals surface area (Å²) < 4.78 is 11.0. The topological polar surface area (TPSA) is 18.5 Å². The minimum atomic E-state index is -1.59.